The van der Waals surface area contributed by atoms with Crippen molar-refractivity contribution in [3.05, 3.63) is 29.1 Å². The molecule has 0 spiro atoms. The Balaban J connectivity index is 2.02. The topological polar surface area (TPSA) is 35.2 Å². The number of alkyl halides is 3. The van der Waals surface area contributed by atoms with Gasteiger partial charge in [0.05, 0.1) is 6.61 Å². The first-order valence-corrected chi connectivity index (χ1v) is 7.86. The molecular weight excluding hydrogens is 310 g/mol. The van der Waals surface area contributed by atoms with Crippen LogP contribution in [0.2, 0.25) is 0 Å². The molecule has 2 nitrogen and oxygen atoms in total. The van der Waals surface area contributed by atoms with E-state index in [0.29, 0.717) is 25.9 Å². The first kappa shape index (κ1) is 18.0. The third kappa shape index (κ3) is 4.83. The van der Waals surface area contributed by atoms with Crippen LogP contribution in [0.1, 0.15) is 50.7 Å². The minimum absolute atomic E-state index is 0.0860. The smallest absolute Gasteiger partial charge is 0.389 e. The van der Waals surface area contributed by atoms with Gasteiger partial charge in [-0.1, -0.05) is 13.8 Å². The zero-order valence-electron chi connectivity index (χ0n) is 13.5. The Morgan fingerprint density at radius 3 is 2.48 bits per heavy atom. The van der Waals surface area contributed by atoms with E-state index in [-0.39, 0.29) is 12.2 Å². The Kier molecular flexibility index (Phi) is 5.23. The zero-order chi connectivity index (χ0) is 17.3. The molecule has 23 heavy (non-hydrogen) atoms. The number of rotatable bonds is 6. The van der Waals surface area contributed by atoms with E-state index in [1.165, 1.54) is 12.1 Å². The molecule has 1 heterocycles. The van der Waals surface area contributed by atoms with Gasteiger partial charge in [0.1, 0.15) is 11.6 Å². The molecule has 0 aromatic heterocycles. The monoisotopic (exact) mass is 333 g/mol. The normalized spacial score (nSPS) is 16.1. The van der Waals surface area contributed by atoms with Gasteiger partial charge in [-0.3, -0.25) is 0 Å². The molecule has 2 rings (SSSR count). The van der Waals surface area contributed by atoms with Gasteiger partial charge in [-0.15, -0.1) is 0 Å². The van der Waals surface area contributed by atoms with Crippen molar-refractivity contribution in [2.24, 2.45) is 5.73 Å². The number of benzene rings is 1. The fourth-order valence-electron chi connectivity index (χ4n) is 2.95. The quantitative estimate of drug-likeness (QED) is 0.779. The number of fused-ring (bicyclic) bond motifs is 1. The molecule has 0 fully saturated rings. The van der Waals surface area contributed by atoms with Crippen LogP contribution < -0.4 is 10.5 Å². The predicted molar refractivity (Wildman–Crippen MR) is 81.1 cm³/mol. The van der Waals surface area contributed by atoms with Crippen LogP contribution in [0.3, 0.4) is 0 Å². The van der Waals surface area contributed by atoms with E-state index in [1.807, 2.05) is 13.8 Å². The van der Waals surface area contributed by atoms with Crippen LogP contribution in [0.25, 0.3) is 0 Å². The molecule has 0 amide bonds. The van der Waals surface area contributed by atoms with Crippen molar-refractivity contribution in [1.82, 2.24) is 0 Å². The van der Waals surface area contributed by atoms with Crippen LogP contribution >= 0.6 is 0 Å². The van der Waals surface area contributed by atoms with Gasteiger partial charge >= 0.3 is 6.18 Å². The summed E-state index contributed by atoms with van der Waals surface area (Å²) in [5.74, 6) is 0.416. The number of hydrogen-bond acceptors (Lipinski definition) is 2. The largest absolute Gasteiger partial charge is 0.493 e. The van der Waals surface area contributed by atoms with E-state index in [1.54, 1.807) is 0 Å². The summed E-state index contributed by atoms with van der Waals surface area (Å²) in [5.41, 5.74) is 7.02. The van der Waals surface area contributed by atoms with Crippen molar-refractivity contribution in [3.8, 4) is 5.75 Å². The molecule has 1 aromatic rings. The maximum Gasteiger partial charge on any atom is 0.389 e. The first-order valence-electron chi connectivity index (χ1n) is 7.86. The van der Waals surface area contributed by atoms with Crippen molar-refractivity contribution in [3.63, 3.8) is 0 Å². The molecule has 0 saturated heterocycles. The molecule has 0 saturated carbocycles. The average molecular weight is 333 g/mol. The van der Waals surface area contributed by atoms with E-state index in [2.05, 4.69) is 0 Å². The number of nitrogens with two attached hydrogens (primary N) is 1. The summed E-state index contributed by atoms with van der Waals surface area (Å²) >= 11 is 0. The highest BCUT2D eigenvalue weighted by molar-refractivity contribution is 5.48. The standard InChI is InChI=1S/C17H23F4NO/c1-16(2,6-3-13(22)4-7-17(19,20)21)14-10-12(18)9-11-5-8-23-15(11)14/h9-10,13H,3-8,22H2,1-2H3/t13-/m1/s1. The van der Waals surface area contributed by atoms with Crippen molar-refractivity contribution in [2.75, 3.05) is 6.61 Å². The van der Waals surface area contributed by atoms with Gasteiger partial charge in [-0.05, 0) is 36.8 Å². The second-order valence-corrected chi connectivity index (χ2v) is 6.88. The van der Waals surface area contributed by atoms with E-state index in [9.17, 15) is 17.6 Å². The number of halogens is 4. The summed E-state index contributed by atoms with van der Waals surface area (Å²) in [6.07, 6.45) is -3.42. The minimum Gasteiger partial charge on any atom is -0.493 e. The Labute approximate surface area is 134 Å². The van der Waals surface area contributed by atoms with Gasteiger partial charge in [0, 0.05) is 30.0 Å². The Morgan fingerprint density at radius 2 is 1.83 bits per heavy atom. The summed E-state index contributed by atoms with van der Waals surface area (Å²) in [7, 11) is 0. The van der Waals surface area contributed by atoms with E-state index in [0.717, 1.165) is 16.9 Å². The van der Waals surface area contributed by atoms with Crippen LogP contribution in [0.4, 0.5) is 17.6 Å². The third-order valence-electron chi connectivity index (χ3n) is 4.42. The fraction of sp³-hybridized carbons (Fsp3) is 0.647. The highest BCUT2D eigenvalue weighted by Crippen LogP contribution is 2.40. The minimum atomic E-state index is -4.18. The van der Waals surface area contributed by atoms with Gasteiger partial charge in [0.15, 0.2) is 0 Å². The molecule has 6 heteroatoms. The van der Waals surface area contributed by atoms with Gasteiger partial charge < -0.3 is 10.5 Å². The summed E-state index contributed by atoms with van der Waals surface area (Å²) in [4.78, 5) is 0. The van der Waals surface area contributed by atoms with Crippen LogP contribution in [0.15, 0.2) is 12.1 Å². The zero-order valence-corrected chi connectivity index (χ0v) is 13.5. The molecule has 0 aliphatic carbocycles. The highest BCUT2D eigenvalue weighted by Gasteiger charge is 2.31. The molecule has 1 aliphatic heterocycles. The Hall–Kier alpha value is -1.30. The lowest BCUT2D eigenvalue weighted by molar-refractivity contribution is -0.136. The van der Waals surface area contributed by atoms with E-state index < -0.39 is 24.1 Å². The predicted octanol–water partition coefficient (Wildman–Crippen LogP) is 4.49. The SMILES string of the molecule is CC(C)(CC[C@@H](N)CCC(F)(F)F)c1cc(F)cc2c1OCC2. The maximum absolute atomic E-state index is 13.8. The van der Waals surface area contributed by atoms with Crippen molar-refractivity contribution in [1.29, 1.82) is 0 Å². The van der Waals surface area contributed by atoms with Crippen molar-refractivity contribution >= 4 is 0 Å². The average Bonchev–Trinajstić information content (AvgIpc) is 2.89. The lowest BCUT2D eigenvalue weighted by atomic mass is 9.78. The highest BCUT2D eigenvalue weighted by atomic mass is 19.4. The maximum atomic E-state index is 13.8. The summed E-state index contributed by atoms with van der Waals surface area (Å²) in [5, 5.41) is 0. The van der Waals surface area contributed by atoms with E-state index in [4.69, 9.17) is 10.5 Å². The van der Waals surface area contributed by atoms with Gasteiger partial charge in [0.25, 0.3) is 0 Å². The van der Waals surface area contributed by atoms with E-state index >= 15 is 0 Å². The van der Waals surface area contributed by atoms with Crippen LogP contribution in [-0.4, -0.2) is 18.8 Å². The summed E-state index contributed by atoms with van der Waals surface area (Å²) in [6.45, 7) is 4.42. The van der Waals surface area contributed by atoms with Crippen LogP contribution in [0.5, 0.6) is 5.75 Å². The molecule has 130 valence electrons. The second-order valence-electron chi connectivity index (χ2n) is 6.88. The first-order chi connectivity index (χ1) is 10.6. The summed E-state index contributed by atoms with van der Waals surface area (Å²) < 4.78 is 56.1. The molecule has 0 radical (unpaired) electrons. The molecule has 0 bridgehead atoms. The second kappa shape index (κ2) is 6.67. The molecule has 0 unspecified atom stereocenters. The Morgan fingerprint density at radius 1 is 1.17 bits per heavy atom. The number of hydrogen-bond donors (Lipinski definition) is 1. The molecular formula is C17H23F4NO. The molecule has 1 aliphatic rings. The van der Waals surface area contributed by atoms with Gasteiger partial charge in [0.2, 0.25) is 0 Å². The molecule has 1 aromatic carbocycles. The lowest BCUT2D eigenvalue weighted by Gasteiger charge is -2.28. The Bertz CT molecular complexity index is 554. The van der Waals surface area contributed by atoms with Gasteiger partial charge in [-0.2, -0.15) is 13.2 Å². The van der Waals surface area contributed by atoms with Crippen molar-refractivity contribution < 1.29 is 22.3 Å². The van der Waals surface area contributed by atoms with Crippen LogP contribution in [0, 0.1) is 5.82 Å². The van der Waals surface area contributed by atoms with Gasteiger partial charge in [-0.25, -0.2) is 4.39 Å². The fourth-order valence-corrected chi connectivity index (χ4v) is 2.95. The molecule has 2 N–H and O–H groups in total. The number of ether oxygens (including phenoxy) is 1. The lowest BCUT2D eigenvalue weighted by Crippen LogP contribution is -2.27. The van der Waals surface area contributed by atoms with Crippen molar-refractivity contribution in [2.45, 2.75) is 63.6 Å². The molecule has 1 atom stereocenters. The third-order valence-corrected chi connectivity index (χ3v) is 4.42. The van der Waals surface area contributed by atoms with Crippen LogP contribution in [-0.2, 0) is 11.8 Å². The summed E-state index contributed by atoms with van der Waals surface area (Å²) in [6, 6.07) is 2.43.